The Bertz CT molecular complexity index is 2870. The number of carboxylic acid groups (broad SMARTS) is 1. The Hall–Kier alpha value is -7.82. The fourth-order valence-electron chi connectivity index (χ4n) is 8.50. The molecule has 72 heavy (non-hydrogen) atoms. The number of benzene rings is 4. The summed E-state index contributed by atoms with van der Waals surface area (Å²) in [5, 5.41) is 12.2. The van der Waals surface area contributed by atoms with Crippen molar-refractivity contribution in [2.75, 3.05) is 19.8 Å². The second-order valence-corrected chi connectivity index (χ2v) is 17.4. The Morgan fingerprint density at radius 1 is 0.764 bits per heavy atom. The smallest absolute Gasteiger partial charge is 0.433 e. The highest BCUT2D eigenvalue weighted by Gasteiger charge is 2.41. The lowest BCUT2D eigenvalue weighted by Crippen LogP contribution is -2.42. The van der Waals surface area contributed by atoms with Gasteiger partial charge in [-0.3, -0.25) is 9.59 Å². The predicted octanol–water partition coefficient (Wildman–Crippen LogP) is 10.4. The molecule has 3 heterocycles. The molecule has 1 saturated carbocycles. The molecular weight excluding hydrogens is 932 g/mol. The molecule has 1 aliphatic carbocycles. The Morgan fingerprint density at radius 2 is 1.36 bits per heavy atom. The number of hydrogen-bond acceptors (Lipinski definition) is 12. The average Bonchev–Trinajstić information content (AvgIpc) is 4.09. The van der Waals surface area contributed by atoms with E-state index in [2.05, 4.69) is 25.3 Å². The van der Waals surface area contributed by atoms with Gasteiger partial charge in [-0.15, -0.1) is 0 Å². The lowest BCUT2D eigenvalue weighted by atomic mass is 9.89. The van der Waals surface area contributed by atoms with E-state index in [1.54, 1.807) is 6.92 Å². The second kappa shape index (κ2) is 24.3. The van der Waals surface area contributed by atoms with Gasteiger partial charge in [-0.25, -0.2) is 24.7 Å². The van der Waals surface area contributed by atoms with Crippen LogP contribution in [0.4, 0.5) is 13.2 Å². The summed E-state index contributed by atoms with van der Waals surface area (Å²) in [7, 11) is 0. The zero-order valence-electron chi connectivity index (χ0n) is 40.4. The normalized spacial score (nSPS) is 15.7. The molecule has 4 atom stereocenters. The van der Waals surface area contributed by atoms with Crippen LogP contribution in [0.1, 0.15) is 78.2 Å². The zero-order valence-corrected chi connectivity index (χ0v) is 40.4. The average molecular weight is 988 g/mol. The van der Waals surface area contributed by atoms with Gasteiger partial charge in [-0.05, 0) is 112 Å². The van der Waals surface area contributed by atoms with E-state index in [4.69, 9.17) is 23.0 Å². The van der Waals surface area contributed by atoms with Gasteiger partial charge in [-0.1, -0.05) is 60.7 Å². The molecule has 0 bridgehead atoms. The van der Waals surface area contributed by atoms with Crippen molar-refractivity contribution in [1.82, 2.24) is 25.3 Å². The largest absolute Gasteiger partial charge is 0.493 e. The van der Waals surface area contributed by atoms with Crippen LogP contribution >= 0.6 is 0 Å². The van der Waals surface area contributed by atoms with Gasteiger partial charge in [0.1, 0.15) is 40.6 Å². The lowest BCUT2D eigenvalue weighted by molar-refractivity contribution is -0.147. The van der Waals surface area contributed by atoms with E-state index in [-0.39, 0.29) is 30.7 Å². The number of oxazole rings is 2. The van der Waals surface area contributed by atoms with Crippen LogP contribution in [0.25, 0.3) is 22.9 Å². The highest BCUT2D eigenvalue weighted by Crippen LogP contribution is 2.44. The quantitative estimate of drug-likeness (QED) is 0.0729. The van der Waals surface area contributed by atoms with E-state index >= 15 is 0 Å². The van der Waals surface area contributed by atoms with Crippen molar-refractivity contribution in [1.29, 1.82) is 0 Å². The van der Waals surface area contributed by atoms with Gasteiger partial charge >= 0.3 is 18.1 Å². The Kier molecular flexibility index (Phi) is 17.6. The van der Waals surface area contributed by atoms with Crippen LogP contribution in [0.5, 0.6) is 11.5 Å². The summed E-state index contributed by atoms with van der Waals surface area (Å²) in [6.07, 6.45) is -0.944. The molecule has 1 fully saturated rings. The summed E-state index contributed by atoms with van der Waals surface area (Å²) >= 11 is 0. The number of aryl methyl sites for hydroxylation is 2. The maximum Gasteiger partial charge on any atom is 0.433 e. The number of carboxylic acids is 1. The maximum atomic E-state index is 13.2. The molecule has 2 unspecified atom stereocenters. The highest BCUT2D eigenvalue weighted by molar-refractivity contribution is 5.83. The highest BCUT2D eigenvalue weighted by atomic mass is 19.4. The lowest BCUT2D eigenvalue weighted by Gasteiger charge is -2.19. The number of nitrogens with zero attached hydrogens (tertiary/aromatic N) is 4. The van der Waals surface area contributed by atoms with E-state index in [1.807, 2.05) is 123 Å². The van der Waals surface area contributed by atoms with Gasteiger partial charge in [0.05, 0.1) is 37.1 Å². The summed E-state index contributed by atoms with van der Waals surface area (Å²) < 4.78 is 68.1. The first-order valence-corrected chi connectivity index (χ1v) is 23.7. The minimum atomic E-state index is -4.59. The van der Waals surface area contributed by atoms with Crippen LogP contribution < -0.4 is 14.8 Å². The number of nitrogens with one attached hydrogen (secondary N) is 1. The van der Waals surface area contributed by atoms with Crippen LogP contribution in [0.2, 0.25) is 0 Å². The zero-order chi connectivity index (χ0) is 51.2. The molecule has 0 radical (unpaired) electrons. The van der Waals surface area contributed by atoms with Crippen molar-refractivity contribution in [3.8, 4) is 34.4 Å². The first-order valence-electron chi connectivity index (χ1n) is 23.7. The number of esters is 1. The molecule has 0 saturated heterocycles. The molecule has 14 nitrogen and oxygen atoms in total. The van der Waals surface area contributed by atoms with Crippen LogP contribution in [-0.2, 0) is 51.0 Å². The number of rotatable bonds is 19. The molecular formula is C55H56F3N5O9. The molecule has 1 amide bonds. The fourth-order valence-corrected chi connectivity index (χ4v) is 8.50. The number of amides is 1. The Morgan fingerprint density at radius 3 is 1.94 bits per heavy atom. The van der Waals surface area contributed by atoms with Gasteiger partial charge in [0.15, 0.2) is 0 Å². The first kappa shape index (κ1) is 52.0. The van der Waals surface area contributed by atoms with Crippen molar-refractivity contribution in [3.05, 3.63) is 167 Å². The van der Waals surface area contributed by atoms with Gasteiger partial charge < -0.3 is 33.5 Å². The monoisotopic (exact) mass is 987 g/mol. The first-order chi connectivity index (χ1) is 34.6. The summed E-state index contributed by atoms with van der Waals surface area (Å²) in [5.74, 6) is 1.13. The van der Waals surface area contributed by atoms with Crippen molar-refractivity contribution in [2.45, 2.75) is 84.4 Å². The third kappa shape index (κ3) is 14.4. The van der Waals surface area contributed by atoms with Crippen molar-refractivity contribution in [3.63, 3.8) is 0 Å². The predicted molar refractivity (Wildman–Crippen MR) is 260 cm³/mol. The number of hydrogen-bond donors (Lipinski definition) is 2. The van der Waals surface area contributed by atoms with Gasteiger partial charge in [-0.2, -0.15) is 13.2 Å². The summed E-state index contributed by atoms with van der Waals surface area (Å²) in [5.41, 5.74) is 4.33. The molecule has 7 aromatic rings. The van der Waals surface area contributed by atoms with E-state index < -0.39 is 41.7 Å². The van der Waals surface area contributed by atoms with E-state index in [0.717, 1.165) is 57.4 Å². The third-order valence-corrected chi connectivity index (χ3v) is 12.1. The number of halogens is 3. The topological polar surface area (TPSA) is 189 Å². The van der Waals surface area contributed by atoms with Crippen LogP contribution in [0, 0.1) is 25.7 Å². The molecule has 1 aliphatic rings. The number of carbonyl (C=O) groups excluding carboxylic acids is 2. The van der Waals surface area contributed by atoms with Crippen molar-refractivity contribution < 1.29 is 55.7 Å². The van der Waals surface area contributed by atoms with Crippen LogP contribution in [0.3, 0.4) is 0 Å². The van der Waals surface area contributed by atoms with E-state index in [9.17, 15) is 32.7 Å². The molecule has 3 aromatic heterocycles. The number of aliphatic carboxylic acids is 1. The molecule has 0 spiro atoms. The minimum absolute atomic E-state index is 0.0436. The number of alkyl halides is 3. The van der Waals surface area contributed by atoms with Gasteiger partial charge in [0.25, 0.3) is 0 Å². The summed E-state index contributed by atoms with van der Waals surface area (Å²) in [6.45, 7) is 8.02. The maximum absolute atomic E-state index is 13.2. The Labute approximate surface area is 415 Å². The molecule has 2 N–H and O–H groups in total. The second-order valence-electron chi connectivity index (χ2n) is 17.4. The summed E-state index contributed by atoms with van der Waals surface area (Å²) in [4.78, 5) is 52.1. The van der Waals surface area contributed by atoms with Crippen LogP contribution in [-0.4, -0.2) is 68.8 Å². The SMILES string of the molecule is CCOC(=O)[C@@H](Cc1ccc(OCCc2oc(-c3ccccc3)nc2C)cc1)NC(C)=O.Cc1oc(-c2ccccc2)nc1CCOc1ccc(CC2C[C@@H](C(=O)O)CC2c2nccc(C(F)(F)F)n2)cc1. The number of carbonyl (C=O) groups is 3. The van der Waals surface area contributed by atoms with Gasteiger partial charge in [0.2, 0.25) is 17.7 Å². The van der Waals surface area contributed by atoms with E-state index in [1.165, 1.54) is 6.92 Å². The minimum Gasteiger partial charge on any atom is -0.493 e. The third-order valence-electron chi connectivity index (χ3n) is 12.1. The number of aromatic nitrogens is 4. The number of ether oxygens (including phenoxy) is 3. The van der Waals surface area contributed by atoms with Gasteiger partial charge in [0, 0.05) is 49.4 Å². The van der Waals surface area contributed by atoms with Crippen LogP contribution in [0.15, 0.2) is 130 Å². The van der Waals surface area contributed by atoms with Crippen molar-refractivity contribution >= 4 is 17.8 Å². The molecule has 17 heteroatoms. The van der Waals surface area contributed by atoms with E-state index in [0.29, 0.717) is 68.6 Å². The Balaban J connectivity index is 0.000000217. The molecule has 8 rings (SSSR count). The molecule has 376 valence electrons. The standard InChI is InChI=1S/C30H28F3N3O4.C25H28N2O5/c1-18-25(35-28(40-18)20-5-3-2-4-6-20)12-14-39-23-9-7-19(8-10-23)15-21-16-22(29(37)38)17-24(21)27-34-13-11-26(36-27)30(31,32)33;1-4-30-25(29)22(27-18(3)28)16-19-10-12-21(13-11-19)31-15-14-23-17(2)26-24(32-23)20-8-6-5-7-9-20/h2-11,13,21-22,24H,12,14-17H2,1H3,(H,37,38);5-13,22H,4,14-16H2,1-3H3,(H,27,28)/t21?,22-,24?;22-/m11/s1. The fraction of sp³-hybridized carbons (Fsp3) is 0.327. The summed E-state index contributed by atoms with van der Waals surface area (Å²) in [6, 6.07) is 34.4. The molecule has 0 aliphatic heterocycles. The van der Waals surface area contributed by atoms with Crippen molar-refractivity contribution in [2.24, 2.45) is 11.8 Å². The molecule has 4 aromatic carbocycles.